The summed E-state index contributed by atoms with van der Waals surface area (Å²) in [5.74, 6) is 0.0305. The number of aromatic nitrogens is 1. The van der Waals surface area contributed by atoms with Crippen molar-refractivity contribution in [1.82, 2.24) is 9.88 Å². The summed E-state index contributed by atoms with van der Waals surface area (Å²) in [5, 5.41) is 5.59. The molecule has 1 amide bonds. The van der Waals surface area contributed by atoms with Crippen LogP contribution in [0.15, 0.2) is 60.1 Å². The van der Waals surface area contributed by atoms with Gasteiger partial charge in [0, 0.05) is 16.8 Å². The standard InChI is InChI=1S/C20H19N3OS/c1-2-14-7-3-4-10-17(14)22-19-18-16(9-5-11-21-18)20(24)23(19)13-15-8-6-12-25-15/h3-12,19,22H,2,13H2,1H3/t19-/m0/s1. The second-order valence-electron chi connectivity index (χ2n) is 6.01. The van der Waals surface area contributed by atoms with Crippen LogP contribution in [0.4, 0.5) is 5.69 Å². The van der Waals surface area contributed by atoms with Crippen LogP contribution in [0.25, 0.3) is 0 Å². The maximum Gasteiger partial charge on any atom is 0.258 e. The predicted molar refractivity (Wildman–Crippen MR) is 101 cm³/mol. The molecule has 0 aliphatic carbocycles. The number of para-hydroxylation sites is 1. The molecule has 1 atom stereocenters. The minimum Gasteiger partial charge on any atom is -0.360 e. The lowest BCUT2D eigenvalue weighted by Gasteiger charge is -2.27. The molecule has 0 radical (unpaired) electrons. The number of hydrogen-bond donors (Lipinski definition) is 1. The van der Waals surface area contributed by atoms with Crippen molar-refractivity contribution in [1.29, 1.82) is 0 Å². The van der Waals surface area contributed by atoms with Crippen molar-refractivity contribution in [2.75, 3.05) is 5.32 Å². The first-order valence-corrected chi connectivity index (χ1v) is 9.28. The predicted octanol–water partition coefficient (Wildman–Crippen LogP) is 4.47. The Kier molecular flexibility index (Phi) is 4.24. The smallest absolute Gasteiger partial charge is 0.258 e. The van der Waals surface area contributed by atoms with Crippen molar-refractivity contribution < 1.29 is 4.79 Å². The molecule has 2 aromatic heterocycles. The molecule has 1 aliphatic rings. The first kappa shape index (κ1) is 15.8. The molecule has 0 saturated carbocycles. The van der Waals surface area contributed by atoms with Crippen molar-refractivity contribution in [3.8, 4) is 0 Å². The number of amides is 1. The topological polar surface area (TPSA) is 45.2 Å². The van der Waals surface area contributed by atoms with E-state index >= 15 is 0 Å². The minimum atomic E-state index is -0.251. The van der Waals surface area contributed by atoms with Gasteiger partial charge in [-0.3, -0.25) is 9.78 Å². The van der Waals surface area contributed by atoms with Gasteiger partial charge in [0.1, 0.15) is 6.17 Å². The number of hydrogen-bond acceptors (Lipinski definition) is 4. The molecule has 0 unspecified atom stereocenters. The van der Waals surface area contributed by atoms with Crippen LogP contribution in [0, 0.1) is 0 Å². The zero-order valence-corrected chi connectivity index (χ0v) is 14.8. The molecule has 1 aliphatic heterocycles. The highest BCUT2D eigenvalue weighted by molar-refractivity contribution is 7.09. The van der Waals surface area contributed by atoms with Gasteiger partial charge in [0.25, 0.3) is 5.91 Å². The van der Waals surface area contributed by atoms with E-state index < -0.39 is 0 Å². The van der Waals surface area contributed by atoms with Gasteiger partial charge >= 0.3 is 0 Å². The van der Waals surface area contributed by atoms with Gasteiger partial charge in [-0.05, 0) is 41.6 Å². The molecule has 3 heterocycles. The fourth-order valence-electron chi connectivity index (χ4n) is 3.23. The van der Waals surface area contributed by atoms with Crippen LogP contribution >= 0.6 is 11.3 Å². The van der Waals surface area contributed by atoms with E-state index in [0.29, 0.717) is 12.1 Å². The van der Waals surface area contributed by atoms with Crippen LogP contribution < -0.4 is 5.32 Å². The molecule has 0 fully saturated rings. The number of nitrogens with zero attached hydrogens (tertiary/aromatic N) is 2. The fourth-order valence-corrected chi connectivity index (χ4v) is 3.94. The molecule has 126 valence electrons. The molecule has 0 bridgehead atoms. The molecule has 4 nitrogen and oxygen atoms in total. The van der Waals surface area contributed by atoms with E-state index in [1.807, 2.05) is 40.6 Å². The molecular weight excluding hydrogens is 330 g/mol. The van der Waals surface area contributed by atoms with Crippen molar-refractivity contribution in [3.63, 3.8) is 0 Å². The molecular formula is C20H19N3OS. The molecule has 0 spiro atoms. The fraction of sp³-hybridized carbons (Fsp3) is 0.200. The van der Waals surface area contributed by atoms with E-state index in [2.05, 4.69) is 35.4 Å². The number of fused-ring (bicyclic) bond motifs is 1. The van der Waals surface area contributed by atoms with Gasteiger partial charge in [0.05, 0.1) is 17.8 Å². The van der Waals surface area contributed by atoms with Gasteiger partial charge in [-0.25, -0.2) is 0 Å². The Morgan fingerprint density at radius 3 is 2.84 bits per heavy atom. The van der Waals surface area contributed by atoms with Crippen LogP contribution in [0.1, 0.15) is 39.6 Å². The van der Waals surface area contributed by atoms with Gasteiger partial charge in [0.2, 0.25) is 0 Å². The number of aryl methyl sites for hydroxylation is 1. The number of benzene rings is 1. The Bertz CT molecular complexity index is 891. The van der Waals surface area contributed by atoms with E-state index in [1.165, 1.54) is 5.56 Å². The first-order valence-electron chi connectivity index (χ1n) is 8.40. The summed E-state index contributed by atoms with van der Waals surface area (Å²) in [4.78, 5) is 20.5. The lowest BCUT2D eigenvalue weighted by Crippen LogP contribution is -2.32. The van der Waals surface area contributed by atoms with Crippen LogP contribution in [-0.4, -0.2) is 15.8 Å². The highest BCUT2D eigenvalue weighted by Gasteiger charge is 2.38. The Balaban J connectivity index is 1.71. The Labute approximate surface area is 151 Å². The number of carbonyl (C=O) groups is 1. The van der Waals surface area contributed by atoms with Gasteiger partial charge in [-0.15, -0.1) is 11.3 Å². The van der Waals surface area contributed by atoms with E-state index in [4.69, 9.17) is 0 Å². The van der Waals surface area contributed by atoms with Crippen molar-refractivity contribution in [2.24, 2.45) is 0 Å². The maximum absolute atomic E-state index is 12.9. The zero-order valence-electron chi connectivity index (χ0n) is 14.0. The molecule has 1 aromatic carbocycles. The lowest BCUT2D eigenvalue weighted by atomic mass is 10.1. The van der Waals surface area contributed by atoms with E-state index in [9.17, 15) is 4.79 Å². The highest BCUT2D eigenvalue weighted by atomic mass is 32.1. The van der Waals surface area contributed by atoms with Crippen LogP contribution in [0.2, 0.25) is 0 Å². The Hall–Kier alpha value is -2.66. The molecule has 5 heteroatoms. The molecule has 1 N–H and O–H groups in total. The van der Waals surface area contributed by atoms with Crippen LogP contribution in [0.5, 0.6) is 0 Å². The summed E-state index contributed by atoms with van der Waals surface area (Å²) in [6, 6.07) is 16.0. The molecule has 0 saturated heterocycles. The number of carbonyl (C=O) groups excluding carboxylic acids is 1. The number of pyridine rings is 1. The molecule has 4 rings (SSSR count). The largest absolute Gasteiger partial charge is 0.360 e. The van der Waals surface area contributed by atoms with Gasteiger partial charge in [-0.1, -0.05) is 31.2 Å². The lowest BCUT2D eigenvalue weighted by molar-refractivity contribution is 0.0729. The average Bonchev–Trinajstić information content (AvgIpc) is 3.25. The van der Waals surface area contributed by atoms with Crippen LogP contribution in [0.3, 0.4) is 0 Å². The van der Waals surface area contributed by atoms with E-state index in [1.54, 1.807) is 17.5 Å². The summed E-state index contributed by atoms with van der Waals surface area (Å²) < 4.78 is 0. The van der Waals surface area contributed by atoms with Gasteiger partial charge in [0.15, 0.2) is 0 Å². The minimum absolute atomic E-state index is 0.0305. The number of nitrogens with one attached hydrogen (secondary N) is 1. The first-order chi connectivity index (χ1) is 12.3. The summed E-state index contributed by atoms with van der Waals surface area (Å²) in [5.41, 5.74) is 3.77. The van der Waals surface area contributed by atoms with Crippen molar-refractivity contribution in [2.45, 2.75) is 26.1 Å². The SMILES string of the molecule is CCc1ccccc1N[C@@H]1c2ncccc2C(=O)N1Cc1cccs1. The third kappa shape index (κ3) is 2.91. The number of anilines is 1. The van der Waals surface area contributed by atoms with Gasteiger partial charge in [-0.2, -0.15) is 0 Å². The van der Waals surface area contributed by atoms with Gasteiger partial charge < -0.3 is 10.2 Å². The quantitative estimate of drug-likeness (QED) is 0.739. The third-order valence-electron chi connectivity index (χ3n) is 4.50. The maximum atomic E-state index is 12.9. The summed E-state index contributed by atoms with van der Waals surface area (Å²) >= 11 is 1.66. The normalized spacial score (nSPS) is 16.1. The number of rotatable bonds is 5. The molecule has 25 heavy (non-hydrogen) atoms. The second kappa shape index (κ2) is 6.69. The van der Waals surface area contributed by atoms with Crippen molar-refractivity contribution in [3.05, 3.63) is 81.8 Å². The highest BCUT2D eigenvalue weighted by Crippen LogP contribution is 2.35. The summed E-state index contributed by atoms with van der Waals surface area (Å²) in [7, 11) is 0. The second-order valence-corrected chi connectivity index (χ2v) is 7.04. The van der Waals surface area contributed by atoms with E-state index in [0.717, 1.165) is 22.7 Å². The molecule has 3 aromatic rings. The Morgan fingerprint density at radius 1 is 1.16 bits per heavy atom. The zero-order chi connectivity index (χ0) is 17.2. The Morgan fingerprint density at radius 2 is 2.04 bits per heavy atom. The van der Waals surface area contributed by atoms with Crippen LogP contribution in [-0.2, 0) is 13.0 Å². The monoisotopic (exact) mass is 349 g/mol. The number of thiophene rings is 1. The summed E-state index contributed by atoms with van der Waals surface area (Å²) in [6.45, 7) is 2.72. The summed E-state index contributed by atoms with van der Waals surface area (Å²) in [6.07, 6.45) is 2.43. The van der Waals surface area contributed by atoms with E-state index in [-0.39, 0.29) is 12.1 Å². The average molecular weight is 349 g/mol. The van der Waals surface area contributed by atoms with Crippen molar-refractivity contribution >= 4 is 22.9 Å². The third-order valence-corrected chi connectivity index (χ3v) is 5.36.